The summed E-state index contributed by atoms with van der Waals surface area (Å²) < 4.78 is 11.8. The van der Waals surface area contributed by atoms with Gasteiger partial charge in [0, 0.05) is 4.47 Å². The predicted molar refractivity (Wildman–Crippen MR) is 69.3 cm³/mol. The van der Waals surface area contributed by atoms with E-state index in [1.54, 1.807) is 18.4 Å². The number of benzene rings is 1. The number of rotatable bonds is 4. The second-order valence-electron chi connectivity index (χ2n) is 3.16. The maximum absolute atomic E-state index is 5.66. The number of hydrogen-bond donors (Lipinski definition) is 0. The van der Waals surface area contributed by atoms with Crippen molar-refractivity contribution in [2.45, 2.75) is 6.61 Å². The first-order valence-electron chi connectivity index (χ1n) is 4.78. The minimum atomic E-state index is 0.588. The van der Waals surface area contributed by atoms with E-state index in [0.29, 0.717) is 6.61 Å². The Morgan fingerprint density at radius 3 is 2.38 bits per heavy atom. The van der Waals surface area contributed by atoms with E-state index < -0.39 is 0 Å². The van der Waals surface area contributed by atoms with Crippen LogP contribution in [0.5, 0.6) is 11.5 Å². The Morgan fingerprint density at radius 2 is 1.81 bits per heavy atom. The molecule has 0 saturated carbocycles. The molecule has 0 radical (unpaired) electrons. The van der Waals surface area contributed by atoms with Crippen molar-refractivity contribution in [1.29, 1.82) is 0 Å². The monoisotopic (exact) mass is 298 g/mol. The number of hydrogen-bond acceptors (Lipinski definition) is 3. The van der Waals surface area contributed by atoms with Gasteiger partial charge in [0.05, 0.1) is 12.0 Å². The fraction of sp³-hybridized carbons (Fsp3) is 0.167. The maximum atomic E-state index is 5.66. The van der Waals surface area contributed by atoms with Crippen LogP contribution in [-0.4, -0.2) is 7.11 Å². The molecule has 16 heavy (non-hydrogen) atoms. The standard InChI is InChI=1S/C12H11BrO2S/c1-14-9-2-4-10(5-3-9)15-8-12-11(13)6-7-16-12/h2-7H,8H2,1H3. The van der Waals surface area contributed by atoms with Crippen LogP contribution in [0.25, 0.3) is 0 Å². The topological polar surface area (TPSA) is 18.5 Å². The van der Waals surface area contributed by atoms with E-state index in [0.717, 1.165) is 16.0 Å². The van der Waals surface area contributed by atoms with Gasteiger partial charge in [0.25, 0.3) is 0 Å². The lowest BCUT2D eigenvalue weighted by atomic mass is 10.3. The molecule has 1 aromatic carbocycles. The predicted octanol–water partition coefficient (Wildman–Crippen LogP) is 4.10. The summed E-state index contributed by atoms with van der Waals surface area (Å²) in [4.78, 5) is 1.19. The van der Waals surface area contributed by atoms with Crippen molar-refractivity contribution in [2.75, 3.05) is 7.11 Å². The highest BCUT2D eigenvalue weighted by Gasteiger charge is 2.02. The van der Waals surface area contributed by atoms with Crippen molar-refractivity contribution in [1.82, 2.24) is 0 Å². The minimum absolute atomic E-state index is 0.588. The van der Waals surface area contributed by atoms with E-state index in [1.165, 1.54) is 4.88 Å². The lowest BCUT2D eigenvalue weighted by Crippen LogP contribution is -1.93. The van der Waals surface area contributed by atoms with Crippen LogP contribution in [-0.2, 0) is 6.61 Å². The average Bonchev–Trinajstić information content (AvgIpc) is 2.73. The third kappa shape index (κ3) is 2.77. The summed E-state index contributed by atoms with van der Waals surface area (Å²) in [5, 5.41) is 2.04. The summed E-state index contributed by atoms with van der Waals surface area (Å²) in [6.07, 6.45) is 0. The summed E-state index contributed by atoms with van der Waals surface area (Å²) in [5.74, 6) is 1.69. The molecule has 2 nitrogen and oxygen atoms in total. The van der Waals surface area contributed by atoms with E-state index in [2.05, 4.69) is 15.9 Å². The molecule has 84 valence electrons. The normalized spacial score (nSPS) is 10.1. The SMILES string of the molecule is COc1ccc(OCc2sccc2Br)cc1. The molecule has 0 N–H and O–H groups in total. The molecule has 0 aliphatic carbocycles. The second-order valence-corrected chi connectivity index (χ2v) is 5.01. The van der Waals surface area contributed by atoms with Crippen molar-refractivity contribution in [2.24, 2.45) is 0 Å². The highest BCUT2D eigenvalue weighted by atomic mass is 79.9. The van der Waals surface area contributed by atoms with E-state index in [4.69, 9.17) is 9.47 Å². The van der Waals surface area contributed by atoms with Crippen LogP contribution in [0.4, 0.5) is 0 Å². The third-order valence-corrected chi connectivity index (χ3v) is 4.02. The molecular weight excluding hydrogens is 288 g/mol. The Kier molecular flexibility index (Phi) is 3.85. The van der Waals surface area contributed by atoms with E-state index in [9.17, 15) is 0 Å². The highest BCUT2D eigenvalue weighted by Crippen LogP contribution is 2.25. The summed E-state index contributed by atoms with van der Waals surface area (Å²) in [6, 6.07) is 9.61. The maximum Gasteiger partial charge on any atom is 0.124 e. The van der Waals surface area contributed by atoms with E-state index in [1.807, 2.05) is 35.7 Å². The molecule has 0 aliphatic heterocycles. The van der Waals surface area contributed by atoms with Gasteiger partial charge in [-0.15, -0.1) is 11.3 Å². The number of thiophene rings is 1. The van der Waals surface area contributed by atoms with Crippen molar-refractivity contribution >= 4 is 27.3 Å². The van der Waals surface area contributed by atoms with Gasteiger partial charge in [-0.1, -0.05) is 0 Å². The van der Waals surface area contributed by atoms with Crippen molar-refractivity contribution in [3.8, 4) is 11.5 Å². The fourth-order valence-corrected chi connectivity index (χ4v) is 2.63. The first-order valence-corrected chi connectivity index (χ1v) is 6.45. The van der Waals surface area contributed by atoms with E-state index >= 15 is 0 Å². The molecular formula is C12H11BrO2S. The first kappa shape index (κ1) is 11.5. The largest absolute Gasteiger partial charge is 0.497 e. The van der Waals surface area contributed by atoms with Gasteiger partial charge in [-0.25, -0.2) is 0 Å². The summed E-state index contributed by atoms with van der Waals surface area (Å²) >= 11 is 5.15. The van der Waals surface area contributed by atoms with E-state index in [-0.39, 0.29) is 0 Å². The minimum Gasteiger partial charge on any atom is -0.497 e. The molecule has 0 aliphatic rings. The molecule has 2 rings (SSSR count). The molecule has 1 heterocycles. The van der Waals surface area contributed by atoms with Gasteiger partial charge in [-0.3, -0.25) is 0 Å². The van der Waals surface area contributed by atoms with Gasteiger partial charge < -0.3 is 9.47 Å². The third-order valence-electron chi connectivity index (χ3n) is 2.12. The lowest BCUT2D eigenvalue weighted by Gasteiger charge is -2.06. The van der Waals surface area contributed by atoms with Crippen molar-refractivity contribution in [3.05, 3.63) is 45.1 Å². The van der Waals surface area contributed by atoms with Crippen LogP contribution in [0.15, 0.2) is 40.2 Å². The molecule has 0 saturated heterocycles. The molecule has 0 spiro atoms. The Bertz CT molecular complexity index is 450. The van der Waals surface area contributed by atoms with Crippen LogP contribution in [0.1, 0.15) is 4.88 Å². The van der Waals surface area contributed by atoms with Crippen LogP contribution in [0.2, 0.25) is 0 Å². The number of halogens is 1. The van der Waals surface area contributed by atoms with Crippen LogP contribution < -0.4 is 9.47 Å². The zero-order valence-corrected chi connectivity index (χ0v) is 11.2. The Morgan fingerprint density at radius 1 is 1.12 bits per heavy atom. The quantitative estimate of drug-likeness (QED) is 0.846. The molecule has 4 heteroatoms. The van der Waals surface area contributed by atoms with Gasteiger partial charge in [0.2, 0.25) is 0 Å². The van der Waals surface area contributed by atoms with Gasteiger partial charge in [0.1, 0.15) is 18.1 Å². The average molecular weight is 299 g/mol. The molecule has 0 unspecified atom stereocenters. The number of methoxy groups -OCH3 is 1. The Balaban J connectivity index is 1.97. The van der Waals surface area contributed by atoms with Gasteiger partial charge in [-0.05, 0) is 51.6 Å². The van der Waals surface area contributed by atoms with Gasteiger partial charge >= 0.3 is 0 Å². The Hall–Kier alpha value is -1.00. The molecule has 0 amide bonds. The zero-order chi connectivity index (χ0) is 11.4. The summed E-state index contributed by atoms with van der Waals surface area (Å²) in [5.41, 5.74) is 0. The molecule has 0 bridgehead atoms. The number of ether oxygens (including phenoxy) is 2. The lowest BCUT2D eigenvalue weighted by molar-refractivity contribution is 0.308. The summed E-state index contributed by atoms with van der Waals surface area (Å²) in [7, 11) is 1.65. The Labute approximate surface area is 107 Å². The van der Waals surface area contributed by atoms with Crippen LogP contribution in [0.3, 0.4) is 0 Å². The van der Waals surface area contributed by atoms with Gasteiger partial charge in [0.15, 0.2) is 0 Å². The molecule has 0 atom stereocenters. The van der Waals surface area contributed by atoms with Crippen molar-refractivity contribution in [3.63, 3.8) is 0 Å². The molecule has 2 aromatic rings. The van der Waals surface area contributed by atoms with Crippen LogP contribution in [0, 0.1) is 0 Å². The zero-order valence-electron chi connectivity index (χ0n) is 8.77. The second kappa shape index (κ2) is 5.37. The van der Waals surface area contributed by atoms with Crippen molar-refractivity contribution < 1.29 is 9.47 Å². The summed E-state index contributed by atoms with van der Waals surface area (Å²) in [6.45, 7) is 0.588. The fourth-order valence-electron chi connectivity index (χ4n) is 1.25. The molecule has 1 aromatic heterocycles. The highest BCUT2D eigenvalue weighted by molar-refractivity contribution is 9.10. The molecule has 0 fully saturated rings. The van der Waals surface area contributed by atoms with Crippen LogP contribution >= 0.6 is 27.3 Å². The first-order chi connectivity index (χ1) is 7.79. The smallest absolute Gasteiger partial charge is 0.124 e. The van der Waals surface area contributed by atoms with Gasteiger partial charge in [-0.2, -0.15) is 0 Å².